The minimum Gasteiger partial charge on any atom is -0.744 e. The van der Waals surface area contributed by atoms with Gasteiger partial charge in [-0.05, 0) is 162 Å². The number of ether oxygens (including phenoxy) is 18. The fourth-order valence-corrected chi connectivity index (χ4v) is 21.9. The predicted octanol–water partition coefficient (Wildman–Crippen LogP) is 4.02. The van der Waals surface area contributed by atoms with E-state index in [4.69, 9.17) is 95.2 Å². The molecule has 6 heterocycles. The van der Waals surface area contributed by atoms with Crippen LogP contribution in [0.3, 0.4) is 0 Å². The molecule has 0 radical (unpaired) electrons. The van der Waals surface area contributed by atoms with E-state index in [0.717, 1.165) is 23.2 Å². The number of carbonyl (C=O) groups is 4. The summed E-state index contributed by atoms with van der Waals surface area (Å²) in [5, 5.41) is 53.9. The lowest BCUT2D eigenvalue weighted by atomic mass is 9.79. The minimum absolute atomic E-state index is 0.0197. The predicted molar refractivity (Wildman–Crippen MR) is 519 cm³/mol. The number of nitrogens with zero attached hydrogens (tertiary/aromatic N) is 2. The fourth-order valence-electron chi connectivity index (χ4n) is 18.5. The van der Waals surface area contributed by atoms with Gasteiger partial charge in [0, 0.05) is 105 Å². The van der Waals surface area contributed by atoms with Crippen LogP contribution in [0.15, 0.2) is 104 Å². The lowest BCUT2D eigenvalue weighted by Crippen LogP contribution is -2.41. The molecule has 4 N–H and O–H groups in total. The highest BCUT2D eigenvalue weighted by atomic mass is 32.2. The van der Waals surface area contributed by atoms with Gasteiger partial charge in [0.05, 0.1) is 251 Å². The second kappa shape index (κ2) is 54.1. The van der Waals surface area contributed by atoms with Gasteiger partial charge >= 0.3 is 0 Å². The second-order valence-corrected chi connectivity index (χ2v) is 42.9. The van der Waals surface area contributed by atoms with Crippen LogP contribution in [0.4, 0.5) is 11.4 Å². The Morgan fingerprint density at radius 3 is 1.04 bits per heavy atom. The van der Waals surface area contributed by atoms with Gasteiger partial charge in [-0.1, -0.05) is 76.2 Å². The van der Waals surface area contributed by atoms with Gasteiger partial charge in [0.2, 0.25) is 20.0 Å². The number of anilines is 2. The molecular formula is C102H137N6O33S3-5. The van der Waals surface area contributed by atoms with E-state index in [-0.39, 0.29) is 180 Å². The van der Waals surface area contributed by atoms with E-state index in [1.807, 2.05) is 73.6 Å². The number of hydrogen-bond donors (Lipinski definition) is 4. The van der Waals surface area contributed by atoms with Crippen molar-refractivity contribution in [2.45, 2.75) is 182 Å². The van der Waals surface area contributed by atoms with Gasteiger partial charge in [-0.3, -0.25) is 9.98 Å². The van der Waals surface area contributed by atoms with Crippen molar-refractivity contribution in [1.29, 1.82) is 0 Å². The smallest absolute Gasteiger partial charge is 0.246 e. The number of aliphatic carboxylic acids is 2. The van der Waals surface area contributed by atoms with Crippen molar-refractivity contribution >= 4 is 76.6 Å². The van der Waals surface area contributed by atoms with E-state index in [1.165, 1.54) is 24.3 Å². The van der Waals surface area contributed by atoms with Gasteiger partial charge in [-0.2, -0.15) is 0 Å². The largest absolute Gasteiger partial charge is 0.744 e. The van der Waals surface area contributed by atoms with Gasteiger partial charge in [-0.25, -0.2) is 34.7 Å². The molecule has 796 valence electrons. The number of fused-ring (bicyclic) bond motifs is 8. The summed E-state index contributed by atoms with van der Waals surface area (Å²) in [6.07, 6.45) is 2.37. The fraction of sp³-hybridized carbons (Fsp3) is 0.588. The first-order valence-electron chi connectivity index (χ1n) is 48.7. The molecule has 0 saturated carbocycles. The Bertz CT molecular complexity index is 6020. The highest BCUT2D eigenvalue weighted by Crippen LogP contribution is 2.53. The summed E-state index contributed by atoms with van der Waals surface area (Å²) >= 11 is 0. The number of nitrogens with one attached hydrogen (secondary N) is 4. The molecule has 0 aromatic heterocycles. The van der Waals surface area contributed by atoms with Crippen molar-refractivity contribution in [3.63, 3.8) is 0 Å². The van der Waals surface area contributed by atoms with Gasteiger partial charge in [0.15, 0.2) is 22.1 Å². The zero-order valence-corrected chi connectivity index (χ0v) is 86.6. The molecule has 0 spiro atoms. The first-order chi connectivity index (χ1) is 68.6. The third kappa shape index (κ3) is 32.9. The highest BCUT2D eigenvalue weighted by molar-refractivity contribution is 7.90. The van der Waals surface area contributed by atoms with Crippen molar-refractivity contribution in [2.75, 3.05) is 235 Å². The molecule has 6 aromatic carbocycles. The first kappa shape index (κ1) is 115. The topological polar surface area (TPSA) is 525 Å². The number of sulfonamides is 2. The molecule has 0 fully saturated rings. The van der Waals surface area contributed by atoms with Crippen LogP contribution in [0.25, 0.3) is 11.1 Å². The first-order valence-corrected chi connectivity index (χ1v) is 53.1. The Hall–Kier alpha value is -9.17. The molecule has 0 bridgehead atoms. The average Bonchev–Trinajstić information content (AvgIpc) is 0.697. The molecule has 0 aliphatic carbocycles. The maximum absolute atomic E-state index is 14.8. The minimum atomic E-state index is -5.38. The Morgan fingerprint density at radius 2 is 0.674 bits per heavy atom. The second-order valence-electron chi connectivity index (χ2n) is 38.2. The molecule has 144 heavy (non-hydrogen) atoms. The van der Waals surface area contributed by atoms with E-state index in [1.54, 1.807) is 36.4 Å². The summed E-state index contributed by atoms with van der Waals surface area (Å²) in [6.45, 7) is 33.5. The van der Waals surface area contributed by atoms with Crippen molar-refractivity contribution in [1.82, 2.24) is 9.44 Å². The van der Waals surface area contributed by atoms with Gasteiger partial charge in [0.1, 0.15) is 25.7 Å². The van der Waals surface area contributed by atoms with Crippen molar-refractivity contribution in [2.24, 2.45) is 9.98 Å². The van der Waals surface area contributed by atoms with Crippen LogP contribution in [0.1, 0.15) is 211 Å². The van der Waals surface area contributed by atoms with Crippen molar-refractivity contribution < 1.29 is 155 Å². The Morgan fingerprint density at radius 1 is 0.361 bits per heavy atom. The van der Waals surface area contributed by atoms with Crippen LogP contribution in [-0.4, -0.2) is 300 Å². The van der Waals surface area contributed by atoms with E-state index in [2.05, 4.69) is 47.8 Å². The van der Waals surface area contributed by atoms with Crippen molar-refractivity contribution in [3.8, 4) is 23.0 Å². The summed E-state index contributed by atoms with van der Waals surface area (Å²) < 4.78 is 206. The van der Waals surface area contributed by atoms with Crippen LogP contribution >= 0.6 is 0 Å². The highest BCUT2D eigenvalue weighted by Gasteiger charge is 2.44. The van der Waals surface area contributed by atoms with E-state index in [9.17, 15) is 69.4 Å². The maximum Gasteiger partial charge on any atom is 0.246 e. The van der Waals surface area contributed by atoms with Gasteiger partial charge < -0.3 is 140 Å². The van der Waals surface area contributed by atoms with Gasteiger partial charge in [0.25, 0.3) is 0 Å². The number of aromatic carboxylic acids is 2. The number of carboxylic acid groups (broad SMARTS) is 4. The molecule has 0 saturated heterocycles. The van der Waals surface area contributed by atoms with Crippen LogP contribution in [-0.2, 0) is 116 Å². The summed E-state index contributed by atoms with van der Waals surface area (Å²) in [4.78, 5) is 54.6. The Kier molecular flexibility index (Phi) is 43.3. The standard InChI is InChI=1S/C51H71N3O18S2.C51H71N3O15S/c1-33-31-50(3,4)53-43-37(33)29-39-42(35-9-7-8-10-36(35)49(57)58)40-30-38-34(2)32-51(5,6)54-44(38)48(74(61,62)63)46(40)72-45(39)47(43)73(59,60)52-12-14-65-16-18-67-20-22-69-24-26-71-28-27-70-25-23-68-21-19-66-17-15-64-13-11-41(55)56;1-34-32-50(3,4)53-42-31-43-40(29-38(34)42)45(36-9-7-8-10-37(36)49(57)58)41-30-39-35(2)33-51(5,6)54-46(39)48(47(41)69-43)70(59,60)52-12-14-62-16-18-64-20-22-66-24-26-68-28-27-67-25-23-65-21-19-63-17-15-61-13-11-44(55)56/h7-10,29-30,33-34,52-53H,11-28,31-32H2,1-6H3,(H,55,56)(H,57,58)(H,61,62,63);7-10,29-31,34-35,52-53H,11-28,32-33H2,1-6H3,(H,55,56)(H,57,58)/p-5. The summed E-state index contributed by atoms with van der Waals surface area (Å²) in [7, 11) is -14.3. The number of hydrogen-bond acceptors (Lipinski definition) is 37. The number of carboxylic acids is 4. The van der Waals surface area contributed by atoms with E-state index < -0.39 is 81.3 Å². The number of benzene rings is 6. The summed E-state index contributed by atoms with van der Waals surface area (Å²) in [5.41, 5.74) is 3.52. The lowest BCUT2D eigenvalue weighted by Gasteiger charge is -2.40. The van der Waals surface area contributed by atoms with Crippen LogP contribution in [0.5, 0.6) is 23.0 Å². The monoisotopic (exact) mass is 2070 g/mol. The molecule has 6 aliphatic heterocycles. The van der Waals surface area contributed by atoms with Gasteiger partial charge in [-0.15, -0.1) is 0 Å². The zero-order valence-electron chi connectivity index (χ0n) is 84.2. The third-order valence-electron chi connectivity index (χ3n) is 24.3. The number of rotatable bonds is 63. The van der Waals surface area contributed by atoms with E-state index >= 15 is 0 Å². The summed E-state index contributed by atoms with van der Waals surface area (Å²) in [6, 6.07) is 21.9. The molecular weight excluding hydrogens is 1930 g/mol. The lowest BCUT2D eigenvalue weighted by molar-refractivity contribution is -0.307. The number of carbonyl (C=O) groups excluding carboxylic acids is 4. The zero-order chi connectivity index (χ0) is 104. The molecule has 12 rings (SSSR count). The third-order valence-corrected chi connectivity index (χ3v) is 28.2. The normalized spacial score (nSPS) is 17.6. The maximum atomic E-state index is 14.8. The quantitative estimate of drug-likeness (QED) is 0.0309. The Labute approximate surface area is 841 Å². The Balaban J connectivity index is 0.000000275. The molecule has 0 amide bonds. The molecule has 6 aliphatic rings. The SMILES string of the molecule is CC1CC(C)(C)Nc2c1cc1c(c2S(=O)(=O)NCCOCCOCCOCCOCCOCCOCCOCCOCCC(=O)[O-])Oc2c(S(=O)(=O)[O-])c3c(cc2=C1c1ccccc1C(=O)[O-])C(C)CC(C)(C)N=3.CC1CC(C)(C)Nc2cc3c(cc21)C(c1ccccc1C(=O)[O-])=c1cc2c(c(S(=O)(=O)NCCOCCOCCOCCOCCOCCOCCOCCOCCC(=O)[O-])c1O3)=NC(C)(C)CC2C. The van der Waals surface area contributed by atoms with Crippen LogP contribution < -0.4 is 71.1 Å². The molecule has 4 unspecified atom stereocenters. The molecule has 39 nitrogen and oxygen atoms in total. The molecule has 6 aromatic rings. The van der Waals surface area contributed by atoms with Crippen LogP contribution in [0.2, 0.25) is 0 Å². The van der Waals surface area contributed by atoms with Crippen LogP contribution in [0, 0.1) is 0 Å². The average molecular weight is 2070 g/mol. The van der Waals surface area contributed by atoms with E-state index in [0.29, 0.717) is 215 Å². The van der Waals surface area contributed by atoms with Crippen molar-refractivity contribution in [3.05, 3.63) is 156 Å². The molecule has 4 atom stereocenters. The molecule has 42 heteroatoms. The summed E-state index contributed by atoms with van der Waals surface area (Å²) in [5.74, 6) is -5.88.